The molecule has 0 bridgehead atoms. The average molecular weight is 294 g/mol. The smallest absolute Gasteiger partial charge is 0.241 e. The first-order valence-electron chi connectivity index (χ1n) is 7.48. The normalized spacial score (nSPS) is 22.0. The molecule has 116 valence electrons. The predicted molar refractivity (Wildman–Crippen MR) is 79.2 cm³/mol. The van der Waals surface area contributed by atoms with Gasteiger partial charge in [-0.15, -0.1) is 0 Å². The lowest BCUT2D eigenvalue weighted by Gasteiger charge is -2.24. The summed E-state index contributed by atoms with van der Waals surface area (Å²) >= 11 is 0. The van der Waals surface area contributed by atoms with E-state index in [9.17, 15) is 9.18 Å². The maximum Gasteiger partial charge on any atom is 0.241 e. The van der Waals surface area contributed by atoms with Crippen LogP contribution in [0, 0.1) is 5.82 Å². The van der Waals surface area contributed by atoms with Gasteiger partial charge in [-0.25, -0.2) is 4.39 Å². The van der Waals surface area contributed by atoms with Crippen molar-refractivity contribution >= 4 is 5.91 Å². The van der Waals surface area contributed by atoms with Crippen LogP contribution in [0.15, 0.2) is 24.3 Å². The van der Waals surface area contributed by atoms with Gasteiger partial charge < -0.3 is 9.64 Å². The molecule has 1 aromatic rings. The van der Waals surface area contributed by atoms with Crippen molar-refractivity contribution in [3.05, 3.63) is 35.6 Å². The Morgan fingerprint density at radius 2 is 2.05 bits per heavy atom. The van der Waals surface area contributed by atoms with Crippen LogP contribution in [0.2, 0.25) is 0 Å². The molecule has 1 aliphatic heterocycles. The highest BCUT2D eigenvalue weighted by Crippen LogP contribution is 2.27. The lowest BCUT2D eigenvalue weighted by atomic mass is 10.1. The number of rotatable bonds is 7. The van der Waals surface area contributed by atoms with E-state index in [1.165, 1.54) is 12.1 Å². The van der Waals surface area contributed by atoms with Crippen molar-refractivity contribution in [1.29, 1.82) is 0 Å². The second kappa shape index (κ2) is 7.52. The highest BCUT2D eigenvalue weighted by atomic mass is 19.1. The Hall–Kier alpha value is -1.46. The number of ether oxygens (including phenoxy) is 1. The van der Waals surface area contributed by atoms with Crippen molar-refractivity contribution in [2.75, 3.05) is 20.3 Å². The third-order valence-electron chi connectivity index (χ3n) is 3.76. The van der Waals surface area contributed by atoms with Crippen molar-refractivity contribution < 1.29 is 13.9 Å². The van der Waals surface area contributed by atoms with Gasteiger partial charge in [-0.05, 0) is 30.5 Å². The molecule has 0 spiro atoms. The Balaban J connectivity index is 2.14. The third kappa shape index (κ3) is 3.80. The summed E-state index contributed by atoms with van der Waals surface area (Å²) in [5.74, 6) is -0.138. The fourth-order valence-corrected chi connectivity index (χ4v) is 2.71. The van der Waals surface area contributed by atoms with Gasteiger partial charge in [0, 0.05) is 20.3 Å². The van der Waals surface area contributed by atoms with E-state index >= 15 is 0 Å². The van der Waals surface area contributed by atoms with Crippen LogP contribution in [0.5, 0.6) is 0 Å². The third-order valence-corrected chi connectivity index (χ3v) is 3.76. The van der Waals surface area contributed by atoms with Crippen molar-refractivity contribution in [1.82, 2.24) is 10.2 Å². The van der Waals surface area contributed by atoms with Gasteiger partial charge in [0.25, 0.3) is 0 Å². The van der Waals surface area contributed by atoms with Crippen LogP contribution < -0.4 is 5.32 Å². The molecule has 2 unspecified atom stereocenters. The van der Waals surface area contributed by atoms with E-state index in [1.807, 2.05) is 4.90 Å². The number of carbonyl (C=O) groups is 1. The van der Waals surface area contributed by atoms with E-state index in [0.717, 1.165) is 24.8 Å². The van der Waals surface area contributed by atoms with Gasteiger partial charge >= 0.3 is 0 Å². The van der Waals surface area contributed by atoms with E-state index in [0.29, 0.717) is 13.2 Å². The number of nitrogens with one attached hydrogen (secondary N) is 1. The number of methoxy groups -OCH3 is 1. The van der Waals surface area contributed by atoms with E-state index in [4.69, 9.17) is 4.74 Å². The summed E-state index contributed by atoms with van der Waals surface area (Å²) in [6.07, 6.45) is 2.38. The molecule has 1 fully saturated rings. The Labute approximate surface area is 125 Å². The maximum absolute atomic E-state index is 13.1. The van der Waals surface area contributed by atoms with Crippen molar-refractivity contribution in [2.45, 2.75) is 38.4 Å². The van der Waals surface area contributed by atoms with Gasteiger partial charge in [0.05, 0.1) is 6.04 Å². The Morgan fingerprint density at radius 1 is 1.33 bits per heavy atom. The van der Waals surface area contributed by atoms with Crippen LogP contribution in [0.4, 0.5) is 4.39 Å². The minimum atomic E-state index is -0.265. The molecule has 2 atom stereocenters. The minimum Gasteiger partial charge on any atom is -0.385 e. The zero-order valence-electron chi connectivity index (χ0n) is 12.6. The molecule has 1 saturated heterocycles. The molecule has 1 aromatic carbocycles. The van der Waals surface area contributed by atoms with E-state index in [1.54, 1.807) is 19.2 Å². The van der Waals surface area contributed by atoms with E-state index in [2.05, 4.69) is 12.2 Å². The number of halogens is 1. The summed E-state index contributed by atoms with van der Waals surface area (Å²) in [6, 6.07) is 6.19. The number of nitrogens with zero attached hydrogens (tertiary/aromatic N) is 1. The van der Waals surface area contributed by atoms with Crippen LogP contribution >= 0.6 is 0 Å². The maximum atomic E-state index is 13.1. The number of hydrogen-bond donors (Lipinski definition) is 1. The van der Waals surface area contributed by atoms with Crippen LogP contribution in [0.25, 0.3) is 0 Å². The summed E-state index contributed by atoms with van der Waals surface area (Å²) in [6.45, 7) is 3.33. The van der Waals surface area contributed by atoms with Crippen LogP contribution in [-0.2, 0) is 9.53 Å². The molecule has 5 heteroatoms. The molecule has 2 rings (SSSR count). The van der Waals surface area contributed by atoms with Gasteiger partial charge in [-0.1, -0.05) is 25.5 Å². The fourth-order valence-electron chi connectivity index (χ4n) is 2.71. The number of amides is 1. The molecule has 1 N–H and O–H groups in total. The molecular weight excluding hydrogens is 271 g/mol. The summed E-state index contributed by atoms with van der Waals surface area (Å²) in [5.41, 5.74) is 0.917. The lowest BCUT2D eigenvalue weighted by Crippen LogP contribution is -2.32. The molecule has 4 nitrogen and oxygen atoms in total. The average Bonchev–Trinajstić information content (AvgIpc) is 2.78. The van der Waals surface area contributed by atoms with Crippen molar-refractivity contribution in [2.24, 2.45) is 0 Å². The highest BCUT2D eigenvalue weighted by molar-refractivity contribution is 5.84. The quantitative estimate of drug-likeness (QED) is 0.785. The molecule has 1 amide bonds. The number of carbonyl (C=O) groups excluding carboxylic acids is 1. The van der Waals surface area contributed by atoms with E-state index < -0.39 is 0 Å². The Morgan fingerprint density at radius 3 is 2.67 bits per heavy atom. The van der Waals surface area contributed by atoms with E-state index in [-0.39, 0.29) is 23.9 Å². The largest absolute Gasteiger partial charge is 0.385 e. The molecule has 0 aromatic heterocycles. The van der Waals surface area contributed by atoms with Crippen LogP contribution in [0.3, 0.4) is 0 Å². The minimum absolute atomic E-state index is 0.127. The molecule has 0 aliphatic carbocycles. The molecular formula is C16H23FN2O2. The number of benzene rings is 1. The zero-order chi connectivity index (χ0) is 15.2. The number of hydrogen-bond acceptors (Lipinski definition) is 3. The first-order valence-corrected chi connectivity index (χ1v) is 7.48. The van der Waals surface area contributed by atoms with Gasteiger partial charge in [0.15, 0.2) is 0 Å². The predicted octanol–water partition coefficient (Wildman–Crippen LogP) is 2.46. The van der Waals surface area contributed by atoms with Gasteiger partial charge in [-0.2, -0.15) is 0 Å². The first-order chi connectivity index (χ1) is 10.2. The van der Waals surface area contributed by atoms with Gasteiger partial charge in [0.1, 0.15) is 12.0 Å². The topological polar surface area (TPSA) is 41.6 Å². The standard InChI is InChI=1S/C16H23FN2O2/c1-3-5-14-16(20)19(10-4-11-21-2)15(18-14)12-6-8-13(17)9-7-12/h6-9,14-15,18H,3-5,10-11H2,1-2H3. The summed E-state index contributed by atoms with van der Waals surface area (Å²) < 4.78 is 18.1. The molecule has 0 radical (unpaired) electrons. The van der Waals surface area contributed by atoms with Gasteiger partial charge in [0.2, 0.25) is 5.91 Å². The lowest BCUT2D eigenvalue weighted by molar-refractivity contribution is -0.130. The van der Waals surface area contributed by atoms with Crippen LogP contribution in [0.1, 0.15) is 37.9 Å². The molecule has 0 saturated carbocycles. The van der Waals surface area contributed by atoms with Crippen molar-refractivity contribution in [3.63, 3.8) is 0 Å². The summed E-state index contributed by atoms with van der Waals surface area (Å²) in [4.78, 5) is 14.3. The Kier molecular flexibility index (Phi) is 5.70. The second-order valence-electron chi connectivity index (χ2n) is 5.34. The van der Waals surface area contributed by atoms with Crippen molar-refractivity contribution in [3.8, 4) is 0 Å². The first kappa shape index (κ1) is 15.9. The summed E-state index contributed by atoms with van der Waals surface area (Å²) in [5, 5.41) is 3.37. The SMILES string of the molecule is CCCC1NC(c2ccc(F)cc2)N(CCCOC)C1=O. The highest BCUT2D eigenvalue weighted by Gasteiger charge is 2.38. The summed E-state index contributed by atoms with van der Waals surface area (Å²) in [7, 11) is 1.65. The van der Waals surface area contributed by atoms with Gasteiger partial charge in [-0.3, -0.25) is 10.1 Å². The molecule has 1 aliphatic rings. The second-order valence-corrected chi connectivity index (χ2v) is 5.34. The van der Waals surface area contributed by atoms with Crippen LogP contribution in [-0.4, -0.2) is 37.1 Å². The molecule has 1 heterocycles. The zero-order valence-corrected chi connectivity index (χ0v) is 12.6. The molecule has 21 heavy (non-hydrogen) atoms. The Bertz CT molecular complexity index is 464. The fraction of sp³-hybridized carbons (Fsp3) is 0.562. The monoisotopic (exact) mass is 294 g/mol.